The molecule has 7 nitrogen and oxygen atoms in total. The molecule has 0 bridgehead atoms. The lowest BCUT2D eigenvalue weighted by molar-refractivity contribution is -0.120. The van der Waals surface area contributed by atoms with Crippen molar-refractivity contribution in [3.63, 3.8) is 0 Å². The fourth-order valence-electron chi connectivity index (χ4n) is 4.97. The van der Waals surface area contributed by atoms with Gasteiger partial charge in [0.15, 0.2) is 6.29 Å². The zero-order chi connectivity index (χ0) is 26.9. The molecule has 1 saturated heterocycles. The minimum absolute atomic E-state index is 0.0774. The number of rotatable bonds is 11. The third-order valence-corrected chi connectivity index (χ3v) is 7.02. The summed E-state index contributed by atoms with van der Waals surface area (Å²) in [6, 6.07) is 25.8. The number of anilines is 1. The van der Waals surface area contributed by atoms with Crippen LogP contribution in [-0.2, 0) is 16.1 Å². The van der Waals surface area contributed by atoms with Crippen LogP contribution in [0.4, 0.5) is 5.69 Å². The highest BCUT2D eigenvalue weighted by Crippen LogP contribution is 2.26. The highest BCUT2D eigenvalue weighted by molar-refractivity contribution is 6.17. The number of likely N-dealkylation sites (tertiary alicyclic amines) is 1. The molecule has 198 valence electrons. The van der Waals surface area contributed by atoms with Crippen LogP contribution < -0.4 is 5.32 Å². The van der Waals surface area contributed by atoms with Crippen LogP contribution in [0.3, 0.4) is 0 Å². The number of hydrogen-bond acceptors (Lipinski definition) is 6. The van der Waals surface area contributed by atoms with Crippen LogP contribution >= 0.6 is 0 Å². The second kappa shape index (κ2) is 13.2. The Balaban J connectivity index is 1.65. The van der Waals surface area contributed by atoms with Gasteiger partial charge in [0.2, 0.25) is 5.91 Å². The number of nitrogens with one attached hydrogen (secondary N) is 1. The van der Waals surface area contributed by atoms with E-state index in [0.717, 1.165) is 31.2 Å². The molecule has 1 fully saturated rings. The van der Waals surface area contributed by atoms with E-state index in [-0.39, 0.29) is 18.4 Å². The number of carbonyl (C=O) groups is 2. The van der Waals surface area contributed by atoms with Gasteiger partial charge >= 0.3 is 0 Å². The molecule has 1 amide bonds. The maximum absolute atomic E-state index is 13.5. The van der Waals surface area contributed by atoms with Crippen molar-refractivity contribution in [1.29, 1.82) is 0 Å². The Labute approximate surface area is 223 Å². The molecule has 0 aliphatic carbocycles. The number of aliphatic hydroxyl groups is 2. The van der Waals surface area contributed by atoms with E-state index < -0.39 is 18.2 Å². The lowest BCUT2D eigenvalue weighted by Crippen LogP contribution is -2.39. The SMILES string of the molecule is CC(CC=O)C(N=C(c1ccccc1)c1ccccc1NC(=O)[C@@H]1CCCN1Cc1ccccc1)C(O)O. The van der Waals surface area contributed by atoms with Crippen LogP contribution in [0.15, 0.2) is 89.9 Å². The van der Waals surface area contributed by atoms with E-state index in [9.17, 15) is 19.8 Å². The molecule has 3 aromatic carbocycles. The second-order valence-corrected chi connectivity index (χ2v) is 9.78. The summed E-state index contributed by atoms with van der Waals surface area (Å²) in [5.74, 6) is -0.468. The molecule has 3 aromatic rings. The maximum atomic E-state index is 13.5. The molecule has 1 aliphatic heterocycles. The van der Waals surface area contributed by atoms with E-state index >= 15 is 0 Å². The molecular formula is C31H35N3O4. The minimum Gasteiger partial charge on any atom is -0.366 e. The van der Waals surface area contributed by atoms with E-state index in [4.69, 9.17) is 4.99 Å². The molecule has 2 unspecified atom stereocenters. The van der Waals surface area contributed by atoms with Gasteiger partial charge in [-0.05, 0) is 36.9 Å². The number of aliphatic imine (C=N–C) groups is 1. The Morgan fingerprint density at radius 2 is 1.68 bits per heavy atom. The van der Waals surface area contributed by atoms with Crippen LogP contribution in [0, 0.1) is 5.92 Å². The van der Waals surface area contributed by atoms with Gasteiger partial charge in [-0.15, -0.1) is 0 Å². The van der Waals surface area contributed by atoms with Gasteiger partial charge in [-0.25, -0.2) is 0 Å². The number of aldehydes is 1. The maximum Gasteiger partial charge on any atom is 0.241 e. The Morgan fingerprint density at radius 1 is 1.03 bits per heavy atom. The number of nitrogens with zero attached hydrogens (tertiary/aromatic N) is 2. The molecular weight excluding hydrogens is 478 g/mol. The molecule has 38 heavy (non-hydrogen) atoms. The van der Waals surface area contributed by atoms with Crippen LogP contribution in [0.5, 0.6) is 0 Å². The molecule has 4 rings (SSSR count). The van der Waals surface area contributed by atoms with E-state index in [1.54, 1.807) is 6.92 Å². The summed E-state index contributed by atoms with van der Waals surface area (Å²) in [5.41, 5.74) is 3.73. The number of carbonyl (C=O) groups excluding carboxylic acids is 2. The number of amides is 1. The monoisotopic (exact) mass is 513 g/mol. The normalized spacial score (nSPS) is 17.8. The molecule has 7 heteroatoms. The van der Waals surface area contributed by atoms with Gasteiger partial charge in [0, 0.05) is 24.1 Å². The zero-order valence-electron chi connectivity index (χ0n) is 21.6. The van der Waals surface area contributed by atoms with Crippen molar-refractivity contribution in [2.75, 3.05) is 11.9 Å². The highest BCUT2D eigenvalue weighted by atomic mass is 16.5. The number of hydrogen-bond donors (Lipinski definition) is 3. The van der Waals surface area contributed by atoms with E-state index in [1.165, 1.54) is 5.56 Å². The van der Waals surface area contributed by atoms with Gasteiger partial charge in [-0.2, -0.15) is 0 Å². The number of aliphatic hydroxyl groups excluding tert-OH is 1. The van der Waals surface area contributed by atoms with E-state index in [1.807, 2.05) is 72.8 Å². The smallest absolute Gasteiger partial charge is 0.241 e. The molecule has 0 spiro atoms. The van der Waals surface area contributed by atoms with Gasteiger partial charge in [-0.1, -0.05) is 85.8 Å². The molecule has 0 saturated carbocycles. The first-order valence-electron chi connectivity index (χ1n) is 13.1. The van der Waals surface area contributed by atoms with Crippen LogP contribution in [0.1, 0.15) is 42.9 Å². The van der Waals surface area contributed by atoms with Gasteiger partial charge in [0.1, 0.15) is 12.3 Å². The first-order valence-corrected chi connectivity index (χ1v) is 13.1. The molecule has 1 aliphatic rings. The minimum atomic E-state index is -1.74. The van der Waals surface area contributed by atoms with E-state index in [2.05, 4.69) is 22.3 Å². The summed E-state index contributed by atoms with van der Waals surface area (Å²) in [7, 11) is 0. The average Bonchev–Trinajstić information content (AvgIpc) is 3.39. The van der Waals surface area contributed by atoms with Crippen molar-refractivity contribution in [2.45, 2.75) is 51.1 Å². The van der Waals surface area contributed by atoms with Crippen LogP contribution in [0.25, 0.3) is 0 Å². The zero-order valence-corrected chi connectivity index (χ0v) is 21.6. The van der Waals surface area contributed by atoms with Gasteiger partial charge in [-0.3, -0.25) is 14.7 Å². The Bertz CT molecular complexity index is 1230. The summed E-state index contributed by atoms with van der Waals surface area (Å²) >= 11 is 0. The summed E-state index contributed by atoms with van der Waals surface area (Å²) in [6.07, 6.45) is 0.895. The topological polar surface area (TPSA) is 102 Å². The first-order chi connectivity index (χ1) is 18.5. The standard InChI is InChI=1S/C31H35N3O4/c1-22(18-20-35)28(31(37)38)33-29(24-13-6-3-7-14-24)25-15-8-9-16-26(25)32-30(36)27-17-10-19-34(27)21-23-11-4-2-5-12-23/h2-9,11-16,20,22,27-28,31,37-38H,10,17-19,21H2,1H3,(H,32,36)/t22?,27-,28?/m0/s1. The van der Waals surface area contributed by atoms with Crippen molar-refractivity contribution >= 4 is 23.6 Å². The fourth-order valence-corrected chi connectivity index (χ4v) is 4.97. The quantitative estimate of drug-likeness (QED) is 0.204. The predicted molar refractivity (Wildman–Crippen MR) is 149 cm³/mol. The Morgan fingerprint density at radius 3 is 2.37 bits per heavy atom. The predicted octanol–water partition coefficient (Wildman–Crippen LogP) is 4.03. The molecule has 0 radical (unpaired) electrons. The second-order valence-electron chi connectivity index (χ2n) is 9.78. The van der Waals surface area contributed by atoms with Crippen molar-refractivity contribution in [1.82, 2.24) is 4.90 Å². The van der Waals surface area contributed by atoms with Crippen LogP contribution in [0.2, 0.25) is 0 Å². The third-order valence-electron chi connectivity index (χ3n) is 7.02. The molecule has 0 aromatic heterocycles. The Kier molecular flexibility index (Phi) is 9.54. The molecule has 3 N–H and O–H groups in total. The Hall–Kier alpha value is -3.65. The summed E-state index contributed by atoms with van der Waals surface area (Å²) in [6.45, 7) is 3.33. The van der Waals surface area contributed by atoms with E-state index in [0.29, 0.717) is 23.5 Å². The van der Waals surface area contributed by atoms with Gasteiger partial charge < -0.3 is 20.3 Å². The van der Waals surface area contributed by atoms with Crippen molar-refractivity contribution < 1.29 is 19.8 Å². The van der Waals surface area contributed by atoms with Crippen molar-refractivity contribution in [3.8, 4) is 0 Å². The molecule has 3 atom stereocenters. The van der Waals surface area contributed by atoms with Gasteiger partial charge in [0.25, 0.3) is 0 Å². The average molecular weight is 514 g/mol. The third kappa shape index (κ3) is 6.81. The summed E-state index contributed by atoms with van der Waals surface area (Å²) in [5, 5.41) is 23.4. The lowest BCUT2D eigenvalue weighted by atomic mass is 9.96. The summed E-state index contributed by atoms with van der Waals surface area (Å²) in [4.78, 5) is 31.7. The van der Waals surface area contributed by atoms with Crippen molar-refractivity contribution in [3.05, 3.63) is 102 Å². The summed E-state index contributed by atoms with van der Waals surface area (Å²) < 4.78 is 0. The first kappa shape index (κ1) is 27.4. The highest BCUT2D eigenvalue weighted by Gasteiger charge is 2.31. The lowest BCUT2D eigenvalue weighted by Gasteiger charge is -2.25. The molecule has 1 heterocycles. The number of benzene rings is 3. The number of para-hydroxylation sites is 1. The van der Waals surface area contributed by atoms with Gasteiger partial charge in [0.05, 0.1) is 17.4 Å². The van der Waals surface area contributed by atoms with Crippen molar-refractivity contribution in [2.24, 2.45) is 10.9 Å². The fraction of sp³-hybridized carbons (Fsp3) is 0.323. The van der Waals surface area contributed by atoms with Crippen LogP contribution in [-0.4, -0.2) is 57.9 Å². The largest absolute Gasteiger partial charge is 0.366 e.